The summed E-state index contributed by atoms with van der Waals surface area (Å²) in [4.78, 5) is 4.25. The maximum atomic E-state index is 12.7. The van der Waals surface area contributed by atoms with Crippen LogP contribution in [0.3, 0.4) is 0 Å². The fourth-order valence-corrected chi connectivity index (χ4v) is 3.03. The molecule has 0 bridgehead atoms. The Morgan fingerprint density at radius 3 is 2.62 bits per heavy atom. The van der Waals surface area contributed by atoms with Crippen LogP contribution in [0.1, 0.15) is 16.7 Å². The van der Waals surface area contributed by atoms with Gasteiger partial charge in [-0.25, -0.2) is 4.98 Å². The van der Waals surface area contributed by atoms with Gasteiger partial charge in [0.15, 0.2) is 5.13 Å². The van der Waals surface area contributed by atoms with E-state index in [0.717, 1.165) is 21.8 Å². The van der Waals surface area contributed by atoms with Crippen LogP contribution in [0.4, 0.5) is 18.3 Å². The molecule has 0 saturated heterocycles. The van der Waals surface area contributed by atoms with E-state index in [1.165, 1.54) is 23.5 Å². The number of hydrogen-bond donors (Lipinski definition) is 1. The molecule has 2 aromatic carbocycles. The number of nitrogens with zero attached hydrogens (tertiary/aromatic N) is 1. The molecular weight excluding hydrogens is 297 g/mol. The SMILES string of the molecule is Nc1nc2c(Cc3cccc(C(F)(F)F)c3)cccc2s1. The van der Waals surface area contributed by atoms with Crippen molar-refractivity contribution in [3.63, 3.8) is 0 Å². The van der Waals surface area contributed by atoms with Crippen LogP contribution in [0.5, 0.6) is 0 Å². The molecule has 0 spiro atoms. The molecule has 0 saturated carbocycles. The quantitative estimate of drug-likeness (QED) is 0.757. The highest BCUT2D eigenvalue weighted by atomic mass is 32.1. The zero-order chi connectivity index (χ0) is 15.0. The van der Waals surface area contributed by atoms with Crippen LogP contribution in [-0.4, -0.2) is 4.98 Å². The maximum Gasteiger partial charge on any atom is 0.416 e. The third kappa shape index (κ3) is 2.85. The Balaban J connectivity index is 1.99. The first-order valence-electron chi connectivity index (χ1n) is 6.23. The van der Waals surface area contributed by atoms with E-state index >= 15 is 0 Å². The molecule has 3 rings (SSSR count). The second-order valence-electron chi connectivity index (χ2n) is 4.69. The molecule has 1 aromatic heterocycles. The molecule has 0 aliphatic heterocycles. The summed E-state index contributed by atoms with van der Waals surface area (Å²) in [5.74, 6) is 0. The molecule has 0 amide bonds. The number of thiazole rings is 1. The minimum atomic E-state index is -4.33. The molecule has 0 aliphatic carbocycles. The Bertz CT molecular complexity index is 793. The molecule has 0 fully saturated rings. The lowest BCUT2D eigenvalue weighted by Crippen LogP contribution is -2.05. The molecule has 3 aromatic rings. The Morgan fingerprint density at radius 2 is 1.86 bits per heavy atom. The smallest absolute Gasteiger partial charge is 0.375 e. The predicted molar refractivity (Wildman–Crippen MR) is 78.3 cm³/mol. The van der Waals surface area contributed by atoms with E-state index in [1.807, 2.05) is 18.2 Å². The number of anilines is 1. The third-order valence-corrected chi connectivity index (χ3v) is 4.02. The maximum absolute atomic E-state index is 12.7. The van der Waals surface area contributed by atoms with Crippen LogP contribution in [0.15, 0.2) is 42.5 Å². The number of aromatic nitrogens is 1. The Hall–Kier alpha value is -2.08. The minimum Gasteiger partial charge on any atom is -0.375 e. The molecule has 0 aliphatic rings. The highest BCUT2D eigenvalue weighted by Crippen LogP contribution is 2.31. The zero-order valence-corrected chi connectivity index (χ0v) is 11.6. The van der Waals surface area contributed by atoms with Gasteiger partial charge in [0.05, 0.1) is 15.8 Å². The van der Waals surface area contributed by atoms with E-state index in [9.17, 15) is 13.2 Å². The summed E-state index contributed by atoms with van der Waals surface area (Å²) in [6.45, 7) is 0. The lowest BCUT2D eigenvalue weighted by Gasteiger charge is -2.09. The van der Waals surface area contributed by atoms with Crippen LogP contribution in [0.2, 0.25) is 0 Å². The normalized spacial score (nSPS) is 12.0. The summed E-state index contributed by atoms with van der Waals surface area (Å²) in [6, 6.07) is 11.0. The predicted octanol–water partition coefficient (Wildman–Crippen LogP) is 4.49. The molecular formula is C15H11F3N2S. The van der Waals surface area contributed by atoms with E-state index in [2.05, 4.69) is 4.98 Å². The second-order valence-corrected chi connectivity index (χ2v) is 5.75. The van der Waals surface area contributed by atoms with Crippen molar-refractivity contribution in [3.05, 3.63) is 59.2 Å². The van der Waals surface area contributed by atoms with Crippen LogP contribution in [0.25, 0.3) is 10.2 Å². The highest BCUT2D eigenvalue weighted by Gasteiger charge is 2.30. The monoisotopic (exact) mass is 308 g/mol. The molecule has 0 unspecified atom stereocenters. The van der Waals surface area contributed by atoms with Gasteiger partial charge in [0.1, 0.15) is 0 Å². The molecule has 1 heterocycles. The van der Waals surface area contributed by atoms with Gasteiger partial charge < -0.3 is 5.73 Å². The van der Waals surface area contributed by atoms with Gasteiger partial charge in [0.25, 0.3) is 0 Å². The van der Waals surface area contributed by atoms with E-state index in [0.29, 0.717) is 17.1 Å². The average Bonchev–Trinajstić information content (AvgIpc) is 2.80. The molecule has 2 N–H and O–H groups in total. The molecule has 6 heteroatoms. The second kappa shape index (κ2) is 5.04. The van der Waals surface area contributed by atoms with Crippen LogP contribution < -0.4 is 5.73 Å². The van der Waals surface area contributed by atoms with Gasteiger partial charge in [0, 0.05) is 0 Å². The number of alkyl halides is 3. The number of nitrogen functional groups attached to an aromatic ring is 1. The van der Waals surface area contributed by atoms with Gasteiger partial charge in [-0.3, -0.25) is 0 Å². The number of rotatable bonds is 2. The van der Waals surface area contributed by atoms with Gasteiger partial charge in [-0.1, -0.05) is 41.7 Å². The zero-order valence-electron chi connectivity index (χ0n) is 10.8. The fourth-order valence-electron chi connectivity index (χ4n) is 2.24. The van der Waals surface area contributed by atoms with Crippen molar-refractivity contribution >= 4 is 26.7 Å². The first-order valence-corrected chi connectivity index (χ1v) is 7.05. The molecule has 21 heavy (non-hydrogen) atoms. The molecule has 2 nitrogen and oxygen atoms in total. The van der Waals surface area contributed by atoms with Crippen molar-refractivity contribution in [2.75, 3.05) is 5.73 Å². The standard InChI is InChI=1S/C15H11F3N2S/c16-15(17,18)11-5-1-3-9(8-11)7-10-4-2-6-12-13(10)20-14(19)21-12/h1-6,8H,7H2,(H2,19,20). The van der Waals surface area contributed by atoms with Crippen LogP contribution in [-0.2, 0) is 12.6 Å². The number of fused-ring (bicyclic) bond motifs is 1. The lowest BCUT2D eigenvalue weighted by molar-refractivity contribution is -0.137. The van der Waals surface area contributed by atoms with Crippen molar-refractivity contribution < 1.29 is 13.2 Å². The lowest BCUT2D eigenvalue weighted by atomic mass is 10.0. The summed E-state index contributed by atoms with van der Waals surface area (Å²) in [5.41, 5.74) is 7.30. The van der Waals surface area contributed by atoms with E-state index in [1.54, 1.807) is 6.07 Å². The highest BCUT2D eigenvalue weighted by molar-refractivity contribution is 7.22. The number of nitrogens with two attached hydrogens (primary N) is 1. The topological polar surface area (TPSA) is 38.9 Å². The van der Waals surface area contributed by atoms with E-state index < -0.39 is 11.7 Å². The van der Waals surface area contributed by atoms with Crippen LogP contribution >= 0.6 is 11.3 Å². The number of hydrogen-bond acceptors (Lipinski definition) is 3. The van der Waals surface area contributed by atoms with Crippen molar-refractivity contribution in [1.29, 1.82) is 0 Å². The number of para-hydroxylation sites is 1. The minimum absolute atomic E-state index is 0.393. The van der Waals surface area contributed by atoms with Gasteiger partial charge >= 0.3 is 6.18 Å². The number of halogens is 3. The van der Waals surface area contributed by atoms with Gasteiger partial charge in [0.2, 0.25) is 0 Å². The first kappa shape index (κ1) is 13.9. The summed E-state index contributed by atoms with van der Waals surface area (Å²) < 4.78 is 39.1. The molecule has 0 atom stereocenters. The fraction of sp³-hybridized carbons (Fsp3) is 0.133. The third-order valence-electron chi connectivity index (χ3n) is 3.17. The average molecular weight is 308 g/mol. The van der Waals surface area contributed by atoms with Crippen molar-refractivity contribution in [3.8, 4) is 0 Å². The Labute approximate surface area is 123 Å². The largest absolute Gasteiger partial charge is 0.416 e. The molecule has 108 valence electrons. The summed E-state index contributed by atoms with van der Waals surface area (Å²) in [5, 5.41) is 0.460. The summed E-state index contributed by atoms with van der Waals surface area (Å²) in [7, 11) is 0. The van der Waals surface area contributed by atoms with Crippen molar-refractivity contribution in [2.45, 2.75) is 12.6 Å². The van der Waals surface area contributed by atoms with Crippen LogP contribution in [0, 0.1) is 0 Å². The van der Waals surface area contributed by atoms with Crippen molar-refractivity contribution in [2.24, 2.45) is 0 Å². The van der Waals surface area contributed by atoms with Crippen molar-refractivity contribution in [1.82, 2.24) is 4.98 Å². The molecule has 0 radical (unpaired) electrons. The first-order chi connectivity index (χ1) is 9.93. The Kier molecular flexibility index (Phi) is 3.33. The summed E-state index contributed by atoms with van der Waals surface area (Å²) >= 11 is 1.37. The van der Waals surface area contributed by atoms with Gasteiger partial charge in [-0.2, -0.15) is 13.2 Å². The van der Waals surface area contributed by atoms with Gasteiger partial charge in [-0.15, -0.1) is 0 Å². The van der Waals surface area contributed by atoms with E-state index in [4.69, 9.17) is 5.73 Å². The summed E-state index contributed by atoms with van der Waals surface area (Å²) in [6.07, 6.45) is -3.93. The Morgan fingerprint density at radius 1 is 1.10 bits per heavy atom. The van der Waals surface area contributed by atoms with E-state index in [-0.39, 0.29) is 0 Å². The van der Waals surface area contributed by atoms with Gasteiger partial charge in [-0.05, 0) is 29.7 Å². The number of benzene rings is 2.